The highest BCUT2D eigenvalue weighted by Crippen LogP contribution is 2.27. The number of ether oxygens (including phenoxy) is 2. The molecule has 0 amide bonds. The summed E-state index contributed by atoms with van der Waals surface area (Å²) in [5.74, 6) is -0.261. The van der Waals surface area contributed by atoms with Crippen molar-refractivity contribution in [1.82, 2.24) is 0 Å². The zero-order valence-corrected chi connectivity index (χ0v) is 9.13. The van der Waals surface area contributed by atoms with E-state index in [-0.39, 0.29) is 18.2 Å². The van der Waals surface area contributed by atoms with Crippen LogP contribution in [0.1, 0.15) is 25.0 Å². The SMILES string of the molecule is CC(=O)O[C@H]1C=CO[C@@H](c2ccccc2)C1. The molecule has 0 radical (unpaired) electrons. The number of rotatable bonds is 2. The molecule has 0 N–H and O–H groups in total. The summed E-state index contributed by atoms with van der Waals surface area (Å²) in [6.07, 6.45) is 3.82. The maximum absolute atomic E-state index is 10.9. The molecule has 0 spiro atoms. The normalized spacial score (nSPS) is 23.6. The topological polar surface area (TPSA) is 35.5 Å². The number of carbonyl (C=O) groups is 1. The minimum atomic E-state index is -0.261. The molecule has 1 aliphatic rings. The van der Waals surface area contributed by atoms with Crippen molar-refractivity contribution in [3.05, 3.63) is 48.2 Å². The Labute approximate surface area is 94.7 Å². The molecule has 16 heavy (non-hydrogen) atoms. The van der Waals surface area contributed by atoms with Crippen molar-refractivity contribution in [3.63, 3.8) is 0 Å². The van der Waals surface area contributed by atoms with Crippen molar-refractivity contribution in [2.24, 2.45) is 0 Å². The molecule has 0 aromatic heterocycles. The van der Waals surface area contributed by atoms with Gasteiger partial charge in [0.25, 0.3) is 0 Å². The molecule has 2 rings (SSSR count). The van der Waals surface area contributed by atoms with E-state index in [1.54, 1.807) is 12.3 Å². The molecule has 0 saturated heterocycles. The first-order valence-corrected chi connectivity index (χ1v) is 5.30. The second-order valence-electron chi connectivity index (χ2n) is 3.75. The van der Waals surface area contributed by atoms with E-state index in [1.807, 2.05) is 30.3 Å². The fraction of sp³-hybridized carbons (Fsp3) is 0.308. The minimum Gasteiger partial charge on any atom is -0.493 e. The first-order valence-electron chi connectivity index (χ1n) is 5.30. The maximum Gasteiger partial charge on any atom is 0.303 e. The first-order chi connectivity index (χ1) is 7.75. The van der Waals surface area contributed by atoms with Gasteiger partial charge in [0.15, 0.2) is 0 Å². The van der Waals surface area contributed by atoms with E-state index < -0.39 is 0 Å². The molecule has 0 unspecified atom stereocenters. The second-order valence-corrected chi connectivity index (χ2v) is 3.75. The van der Waals surface area contributed by atoms with Gasteiger partial charge >= 0.3 is 5.97 Å². The monoisotopic (exact) mass is 218 g/mol. The number of benzene rings is 1. The van der Waals surface area contributed by atoms with Crippen molar-refractivity contribution in [3.8, 4) is 0 Å². The Morgan fingerprint density at radius 3 is 2.81 bits per heavy atom. The van der Waals surface area contributed by atoms with Gasteiger partial charge in [-0.05, 0) is 11.6 Å². The lowest BCUT2D eigenvalue weighted by atomic mass is 10.0. The number of esters is 1. The van der Waals surface area contributed by atoms with Crippen LogP contribution in [0.2, 0.25) is 0 Å². The number of hydrogen-bond acceptors (Lipinski definition) is 3. The zero-order chi connectivity index (χ0) is 11.4. The van der Waals surface area contributed by atoms with Gasteiger partial charge in [0.2, 0.25) is 0 Å². The van der Waals surface area contributed by atoms with E-state index in [1.165, 1.54) is 6.92 Å². The molecule has 0 saturated carbocycles. The van der Waals surface area contributed by atoms with Gasteiger partial charge in [-0.25, -0.2) is 0 Å². The molecule has 1 aromatic carbocycles. The molecule has 1 aliphatic heterocycles. The Kier molecular flexibility index (Phi) is 3.25. The van der Waals surface area contributed by atoms with E-state index in [0.717, 1.165) is 5.56 Å². The van der Waals surface area contributed by atoms with Crippen LogP contribution in [-0.4, -0.2) is 12.1 Å². The molecular weight excluding hydrogens is 204 g/mol. The lowest BCUT2D eigenvalue weighted by Gasteiger charge is -2.25. The molecule has 3 heteroatoms. The molecule has 2 atom stereocenters. The van der Waals surface area contributed by atoms with Crippen LogP contribution in [0.25, 0.3) is 0 Å². The standard InChI is InChI=1S/C13H14O3/c1-10(14)16-12-7-8-15-13(9-12)11-5-3-2-4-6-11/h2-8,12-13H,9H2,1H3/t12-,13+/m0/s1. The Hall–Kier alpha value is -1.77. The van der Waals surface area contributed by atoms with E-state index >= 15 is 0 Å². The van der Waals surface area contributed by atoms with Gasteiger partial charge < -0.3 is 9.47 Å². The predicted molar refractivity (Wildman–Crippen MR) is 59.6 cm³/mol. The summed E-state index contributed by atoms with van der Waals surface area (Å²) in [5, 5.41) is 0. The highest BCUT2D eigenvalue weighted by Gasteiger charge is 2.22. The average molecular weight is 218 g/mol. The summed E-state index contributed by atoms with van der Waals surface area (Å²) < 4.78 is 10.6. The van der Waals surface area contributed by atoms with Gasteiger partial charge in [0.05, 0.1) is 6.26 Å². The van der Waals surface area contributed by atoms with Crippen LogP contribution in [0.15, 0.2) is 42.7 Å². The van der Waals surface area contributed by atoms with Crippen molar-refractivity contribution in [1.29, 1.82) is 0 Å². The van der Waals surface area contributed by atoms with Crippen LogP contribution in [0.4, 0.5) is 0 Å². The lowest BCUT2D eigenvalue weighted by Crippen LogP contribution is -2.21. The second kappa shape index (κ2) is 4.84. The summed E-state index contributed by atoms with van der Waals surface area (Å²) in [5.41, 5.74) is 1.10. The van der Waals surface area contributed by atoms with Gasteiger partial charge in [-0.2, -0.15) is 0 Å². The summed E-state index contributed by atoms with van der Waals surface area (Å²) in [7, 11) is 0. The molecule has 84 valence electrons. The first kappa shape index (κ1) is 10.7. The maximum atomic E-state index is 10.9. The highest BCUT2D eigenvalue weighted by molar-refractivity contribution is 5.66. The van der Waals surface area contributed by atoms with Crippen molar-refractivity contribution >= 4 is 5.97 Å². The van der Waals surface area contributed by atoms with Crippen LogP contribution in [0.3, 0.4) is 0 Å². The van der Waals surface area contributed by atoms with Crippen LogP contribution < -0.4 is 0 Å². The smallest absolute Gasteiger partial charge is 0.303 e. The quantitative estimate of drug-likeness (QED) is 0.716. The fourth-order valence-electron chi connectivity index (χ4n) is 1.76. The Morgan fingerprint density at radius 1 is 1.38 bits per heavy atom. The Morgan fingerprint density at radius 2 is 2.12 bits per heavy atom. The van der Waals surface area contributed by atoms with Crippen molar-refractivity contribution < 1.29 is 14.3 Å². The fourth-order valence-corrected chi connectivity index (χ4v) is 1.76. The van der Waals surface area contributed by atoms with Gasteiger partial charge in [-0.15, -0.1) is 0 Å². The largest absolute Gasteiger partial charge is 0.493 e. The van der Waals surface area contributed by atoms with Crippen molar-refractivity contribution in [2.75, 3.05) is 0 Å². The summed E-state index contributed by atoms with van der Waals surface area (Å²) in [4.78, 5) is 10.9. The molecule has 1 aromatic rings. The predicted octanol–water partition coefficient (Wildman–Crippen LogP) is 2.59. The van der Waals surface area contributed by atoms with Gasteiger partial charge in [0, 0.05) is 13.3 Å². The molecule has 1 heterocycles. The zero-order valence-electron chi connectivity index (χ0n) is 9.13. The summed E-state index contributed by atoms with van der Waals surface area (Å²) in [6, 6.07) is 9.92. The molecular formula is C13H14O3. The van der Waals surface area contributed by atoms with E-state index in [0.29, 0.717) is 6.42 Å². The Balaban J connectivity index is 2.04. The van der Waals surface area contributed by atoms with Gasteiger partial charge in [-0.1, -0.05) is 30.3 Å². The van der Waals surface area contributed by atoms with E-state index in [4.69, 9.17) is 9.47 Å². The summed E-state index contributed by atoms with van der Waals surface area (Å²) >= 11 is 0. The number of carbonyl (C=O) groups excluding carboxylic acids is 1. The van der Waals surface area contributed by atoms with Crippen LogP contribution in [0, 0.1) is 0 Å². The minimum absolute atomic E-state index is 0.0319. The van der Waals surface area contributed by atoms with Gasteiger partial charge in [-0.3, -0.25) is 4.79 Å². The number of hydrogen-bond donors (Lipinski definition) is 0. The molecule has 3 nitrogen and oxygen atoms in total. The summed E-state index contributed by atoms with van der Waals surface area (Å²) in [6.45, 7) is 1.42. The van der Waals surface area contributed by atoms with Crippen molar-refractivity contribution in [2.45, 2.75) is 25.6 Å². The Bertz CT molecular complexity index is 383. The highest BCUT2D eigenvalue weighted by atomic mass is 16.5. The average Bonchev–Trinajstić information content (AvgIpc) is 2.30. The van der Waals surface area contributed by atoms with Gasteiger partial charge in [0.1, 0.15) is 12.2 Å². The molecule has 0 fully saturated rings. The molecule has 0 aliphatic carbocycles. The third-order valence-electron chi connectivity index (χ3n) is 2.47. The molecule has 0 bridgehead atoms. The van der Waals surface area contributed by atoms with Crippen LogP contribution in [0.5, 0.6) is 0 Å². The third kappa shape index (κ3) is 2.63. The van der Waals surface area contributed by atoms with E-state index in [9.17, 15) is 4.79 Å². The van der Waals surface area contributed by atoms with E-state index in [2.05, 4.69) is 0 Å². The lowest BCUT2D eigenvalue weighted by molar-refractivity contribution is -0.146. The third-order valence-corrected chi connectivity index (χ3v) is 2.47. The van der Waals surface area contributed by atoms with Crippen LogP contribution in [-0.2, 0) is 14.3 Å². The van der Waals surface area contributed by atoms with Crippen LogP contribution >= 0.6 is 0 Å².